The second-order valence-corrected chi connectivity index (χ2v) is 4.11. The Kier molecular flexibility index (Phi) is 2.93. The highest BCUT2D eigenvalue weighted by atomic mass is 79.9. The summed E-state index contributed by atoms with van der Waals surface area (Å²) in [5.41, 5.74) is 0.795. The zero-order valence-corrected chi connectivity index (χ0v) is 9.91. The summed E-state index contributed by atoms with van der Waals surface area (Å²) in [7, 11) is 1.62. The normalized spacial score (nSPS) is 10.6. The lowest BCUT2D eigenvalue weighted by molar-refractivity contribution is 0.274. The molecule has 0 saturated carbocycles. The highest BCUT2D eigenvalue weighted by Crippen LogP contribution is 2.35. The van der Waals surface area contributed by atoms with Crippen LogP contribution in [0.25, 0.3) is 10.8 Å². The van der Waals surface area contributed by atoms with Crippen LogP contribution in [0.3, 0.4) is 0 Å². The first-order chi connectivity index (χ1) is 7.27. The zero-order chi connectivity index (χ0) is 10.8. The van der Waals surface area contributed by atoms with Crippen LogP contribution in [0, 0.1) is 0 Å². The minimum absolute atomic E-state index is 0.0212. The number of methoxy groups -OCH3 is 1. The average Bonchev–Trinajstić information content (AvgIpc) is 2.29. The molecule has 3 heteroatoms. The summed E-state index contributed by atoms with van der Waals surface area (Å²) >= 11 is 3.49. The smallest absolute Gasteiger partial charge is 0.132 e. The molecule has 0 unspecified atom stereocenters. The average molecular weight is 267 g/mol. The van der Waals surface area contributed by atoms with E-state index in [2.05, 4.69) is 15.9 Å². The van der Waals surface area contributed by atoms with E-state index in [1.807, 2.05) is 30.3 Å². The van der Waals surface area contributed by atoms with Gasteiger partial charge in [0, 0.05) is 15.4 Å². The van der Waals surface area contributed by atoms with Crippen LogP contribution in [0.5, 0.6) is 5.75 Å². The summed E-state index contributed by atoms with van der Waals surface area (Å²) < 4.78 is 6.30. The van der Waals surface area contributed by atoms with Crippen molar-refractivity contribution in [3.63, 3.8) is 0 Å². The van der Waals surface area contributed by atoms with Gasteiger partial charge >= 0.3 is 0 Å². The highest BCUT2D eigenvalue weighted by molar-refractivity contribution is 9.10. The molecule has 0 aromatic heterocycles. The molecule has 0 bridgehead atoms. The Labute approximate surface area is 96.6 Å². The van der Waals surface area contributed by atoms with E-state index in [9.17, 15) is 5.11 Å². The summed E-state index contributed by atoms with van der Waals surface area (Å²) in [6, 6.07) is 9.83. The number of aliphatic hydroxyl groups excluding tert-OH is 1. The molecule has 1 N–H and O–H groups in total. The summed E-state index contributed by atoms with van der Waals surface area (Å²) in [6.45, 7) is -0.0212. The summed E-state index contributed by atoms with van der Waals surface area (Å²) in [5, 5.41) is 11.3. The van der Waals surface area contributed by atoms with E-state index in [-0.39, 0.29) is 6.61 Å². The molecule has 78 valence electrons. The zero-order valence-electron chi connectivity index (χ0n) is 8.33. The first kappa shape index (κ1) is 10.5. The Morgan fingerprint density at radius 1 is 1.27 bits per heavy atom. The predicted octanol–water partition coefficient (Wildman–Crippen LogP) is 3.10. The van der Waals surface area contributed by atoms with Gasteiger partial charge < -0.3 is 9.84 Å². The van der Waals surface area contributed by atoms with E-state index >= 15 is 0 Å². The molecule has 0 saturated heterocycles. The maximum Gasteiger partial charge on any atom is 0.132 e. The van der Waals surface area contributed by atoms with Gasteiger partial charge in [-0.15, -0.1) is 0 Å². The van der Waals surface area contributed by atoms with E-state index < -0.39 is 0 Å². The molecule has 2 aromatic rings. The molecule has 2 aromatic carbocycles. The van der Waals surface area contributed by atoms with Gasteiger partial charge in [-0.2, -0.15) is 0 Å². The van der Waals surface area contributed by atoms with Crippen LogP contribution >= 0.6 is 15.9 Å². The van der Waals surface area contributed by atoms with Crippen molar-refractivity contribution in [2.75, 3.05) is 7.11 Å². The topological polar surface area (TPSA) is 29.5 Å². The molecule has 0 fully saturated rings. The fourth-order valence-electron chi connectivity index (χ4n) is 1.72. The highest BCUT2D eigenvalue weighted by Gasteiger charge is 2.09. The fourth-order valence-corrected chi connectivity index (χ4v) is 2.34. The summed E-state index contributed by atoms with van der Waals surface area (Å²) in [6.07, 6.45) is 0. The van der Waals surface area contributed by atoms with E-state index in [0.29, 0.717) is 0 Å². The van der Waals surface area contributed by atoms with Crippen LogP contribution in [0.15, 0.2) is 34.8 Å². The number of benzene rings is 2. The molecule has 0 aliphatic heterocycles. The first-order valence-corrected chi connectivity index (χ1v) is 5.42. The van der Waals surface area contributed by atoms with E-state index in [1.165, 1.54) is 0 Å². The number of aliphatic hydroxyl groups is 1. The number of hydrogen-bond acceptors (Lipinski definition) is 2. The minimum atomic E-state index is -0.0212. The largest absolute Gasteiger partial charge is 0.496 e. The summed E-state index contributed by atoms with van der Waals surface area (Å²) in [5.74, 6) is 0.747. The van der Waals surface area contributed by atoms with Crippen LogP contribution in [0.1, 0.15) is 5.56 Å². The molecule has 0 atom stereocenters. The van der Waals surface area contributed by atoms with Gasteiger partial charge in [0.15, 0.2) is 0 Å². The van der Waals surface area contributed by atoms with Crippen molar-refractivity contribution in [3.8, 4) is 5.75 Å². The second-order valence-electron chi connectivity index (χ2n) is 3.25. The Balaban J connectivity index is 2.85. The van der Waals surface area contributed by atoms with Crippen molar-refractivity contribution in [1.29, 1.82) is 0 Å². The molecule has 15 heavy (non-hydrogen) atoms. The quantitative estimate of drug-likeness (QED) is 0.905. The van der Waals surface area contributed by atoms with Gasteiger partial charge in [-0.25, -0.2) is 0 Å². The number of fused-ring (bicyclic) bond motifs is 1. The Hall–Kier alpha value is -1.06. The van der Waals surface area contributed by atoms with Crippen LogP contribution in [0.2, 0.25) is 0 Å². The Bertz CT molecular complexity index is 494. The lowest BCUT2D eigenvalue weighted by atomic mass is 10.1. The molecule has 0 aliphatic rings. The molecule has 0 heterocycles. The van der Waals surface area contributed by atoms with Crippen molar-refractivity contribution in [2.24, 2.45) is 0 Å². The van der Waals surface area contributed by atoms with Gasteiger partial charge in [0.2, 0.25) is 0 Å². The van der Waals surface area contributed by atoms with Crippen molar-refractivity contribution >= 4 is 26.7 Å². The van der Waals surface area contributed by atoms with Gasteiger partial charge in [-0.3, -0.25) is 0 Å². The molecular weight excluding hydrogens is 256 g/mol. The third-order valence-corrected chi connectivity index (χ3v) is 3.05. The van der Waals surface area contributed by atoms with Gasteiger partial charge in [0.1, 0.15) is 5.75 Å². The van der Waals surface area contributed by atoms with Crippen molar-refractivity contribution in [3.05, 3.63) is 40.4 Å². The molecule has 0 aliphatic carbocycles. The molecule has 0 spiro atoms. The number of rotatable bonds is 2. The maximum atomic E-state index is 9.23. The monoisotopic (exact) mass is 266 g/mol. The van der Waals surface area contributed by atoms with Gasteiger partial charge in [-0.05, 0) is 11.5 Å². The SMILES string of the molecule is COc1c(CO)cc(Br)c2ccccc12. The lowest BCUT2D eigenvalue weighted by Crippen LogP contribution is -1.93. The molecule has 0 amide bonds. The van der Waals surface area contributed by atoms with Crippen LogP contribution in [-0.4, -0.2) is 12.2 Å². The van der Waals surface area contributed by atoms with Crippen molar-refractivity contribution in [2.45, 2.75) is 6.61 Å². The van der Waals surface area contributed by atoms with Gasteiger partial charge in [0.05, 0.1) is 13.7 Å². The molecule has 0 radical (unpaired) electrons. The van der Waals surface area contributed by atoms with Gasteiger partial charge in [0.25, 0.3) is 0 Å². The Morgan fingerprint density at radius 2 is 1.93 bits per heavy atom. The lowest BCUT2D eigenvalue weighted by Gasteiger charge is -2.11. The first-order valence-electron chi connectivity index (χ1n) is 4.63. The van der Waals surface area contributed by atoms with Crippen molar-refractivity contribution < 1.29 is 9.84 Å². The minimum Gasteiger partial charge on any atom is -0.496 e. The van der Waals surface area contributed by atoms with Crippen LogP contribution in [-0.2, 0) is 6.61 Å². The second kappa shape index (κ2) is 4.21. The number of ether oxygens (including phenoxy) is 1. The predicted molar refractivity (Wildman–Crippen MR) is 64.1 cm³/mol. The Morgan fingerprint density at radius 3 is 2.53 bits per heavy atom. The van der Waals surface area contributed by atoms with Crippen molar-refractivity contribution in [1.82, 2.24) is 0 Å². The van der Waals surface area contributed by atoms with Crippen LogP contribution in [0.4, 0.5) is 0 Å². The standard InChI is InChI=1S/C12H11BrO2/c1-15-12-8(7-14)6-11(13)9-4-2-3-5-10(9)12/h2-6,14H,7H2,1H3. The fraction of sp³-hybridized carbons (Fsp3) is 0.167. The van der Waals surface area contributed by atoms with Gasteiger partial charge in [-0.1, -0.05) is 40.2 Å². The van der Waals surface area contributed by atoms with E-state index in [1.54, 1.807) is 7.11 Å². The third kappa shape index (κ3) is 1.73. The third-order valence-electron chi connectivity index (χ3n) is 2.40. The van der Waals surface area contributed by atoms with E-state index in [4.69, 9.17) is 4.74 Å². The molecular formula is C12H11BrO2. The number of hydrogen-bond donors (Lipinski definition) is 1. The van der Waals surface area contributed by atoms with E-state index in [0.717, 1.165) is 26.6 Å². The maximum absolute atomic E-state index is 9.23. The van der Waals surface area contributed by atoms with Crippen LogP contribution < -0.4 is 4.74 Å². The molecule has 2 rings (SSSR count). The molecule has 2 nitrogen and oxygen atoms in total. The number of halogens is 1. The summed E-state index contributed by atoms with van der Waals surface area (Å²) in [4.78, 5) is 0.